The van der Waals surface area contributed by atoms with Crippen LogP contribution >= 0.6 is 0 Å². The topological polar surface area (TPSA) is 143 Å². The zero-order valence-corrected chi connectivity index (χ0v) is 45.9. The van der Waals surface area contributed by atoms with Crippen molar-refractivity contribution >= 4 is 11.4 Å². The van der Waals surface area contributed by atoms with E-state index in [0.717, 1.165) is 152 Å². The summed E-state index contributed by atoms with van der Waals surface area (Å²) < 4.78 is 102. The van der Waals surface area contributed by atoms with Gasteiger partial charge in [0.15, 0.2) is 0 Å². The van der Waals surface area contributed by atoms with Gasteiger partial charge in [-0.25, -0.2) is 45.7 Å². The Bertz CT molecular complexity index is 3900. The predicted octanol–water partition coefficient (Wildman–Crippen LogP) is 13.5. The van der Waals surface area contributed by atoms with E-state index in [2.05, 4.69) is 43.8 Å². The maximum absolute atomic E-state index is 14.7. The van der Waals surface area contributed by atoms with Crippen molar-refractivity contribution in [3.63, 3.8) is 0 Å². The summed E-state index contributed by atoms with van der Waals surface area (Å²) in [5, 5.41) is 29.4. The Balaban J connectivity index is 0.000000117. The summed E-state index contributed by atoms with van der Waals surface area (Å²) >= 11 is 0. The summed E-state index contributed by atoms with van der Waals surface area (Å²) in [7, 11) is 0. The summed E-state index contributed by atoms with van der Waals surface area (Å²) in [6, 6.07) is 33.5. The second kappa shape index (κ2) is 24.0. The van der Waals surface area contributed by atoms with E-state index in [1.165, 1.54) is 36.4 Å². The highest BCUT2D eigenvalue weighted by Crippen LogP contribution is 2.50. The Morgan fingerprint density at radius 3 is 1.08 bits per heavy atom. The van der Waals surface area contributed by atoms with Gasteiger partial charge in [0.1, 0.15) is 58.9 Å². The highest BCUT2D eigenvalue weighted by molar-refractivity contribution is 5.71. The lowest BCUT2D eigenvalue weighted by Gasteiger charge is -2.37. The van der Waals surface area contributed by atoms with Gasteiger partial charge in [0.05, 0.1) is 89.5 Å². The molecule has 0 aliphatic carbocycles. The molecule has 0 bridgehead atoms. The Kier molecular flexibility index (Phi) is 15.8. The van der Waals surface area contributed by atoms with E-state index in [0.29, 0.717) is 12.0 Å². The first-order chi connectivity index (χ1) is 41.4. The molecule has 6 aromatic carbocycles. The van der Waals surface area contributed by atoms with Crippen molar-refractivity contribution in [3.8, 4) is 52.0 Å². The van der Waals surface area contributed by atoms with Gasteiger partial charge >= 0.3 is 0 Å². The van der Waals surface area contributed by atoms with Crippen molar-refractivity contribution < 1.29 is 30.7 Å². The molecule has 9 heterocycles. The Morgan fingerprint density at radius 2 is 0.741 bits per heavy atom. The Hall–Kier alpha value is -9.51. The second-order valence-electron chi connectivity index (χ2n) is 22.0. The summed E-state index contributed by atoms with van der Waals surface area (Å²) in [4.78, 5) is 17.0. The number of piperidine rings is 3. The summed E-state index contributed by atoms with van der Waals surface area (Å²) in [5.41, 5.74) is 9.82. The fourth-order valence-corrected chi connectivity index (χ4v) is 13.5. The average Bonchev–Trinajstić information content (AvgIpc) is 2.00. The van der Waals surface area contributed by atoms with Gasteiger partial charge in [-0.2, -0.15) is 15.8 Å². The lowest BCUT2D eigenvalue weighted by atomic mass is 9.85. The van der Waals surface area contributed by atoms with Crippen LogP contribution in [0.1, 0.15) is 90.0 Å². The number of aromatic nitrogens is 6. The van der Waals surface area contributed by atoms with Crippen LogP contribution in [0, 0.1) is 92.5 Å². The Labute approximate surface area is 486 Å². The van der Waals surface area contributed by atoms with Crippen LogP contribution in [0.25, 0.3) is 33.8 Å². The zero-order chi connectivity index (χ0) is 58.9. The lowest BCUT2D eigenvalue weighted by Crippen LogP contribution is -2.36. The second-order valence-corrected chi connectivity index (χ2v) is 22.0. The third kappa shape index (κ3) is 10.7. The standard InChI is InChI=1S/2C22H18F2N4.C15H16FN3.C7H3F2N/c2*23-18-3-1-2-17-20-12-26-13-28(20)22(21(17)18)14-6-8-27(9-7-14)16-5-4-15(11-25)19(24)10-16;16-12-3-1-2-11-13-8-18-9-19(13)15(14(11)12)10-4-6-17-7-5-10;8-6-2-1-5(4-10)7(9)3-6/h2*1-5,10,12-14,22H,6-9H2;1-3,8-10,15,17H,4-7H2;1-3H. The maximum atomic E-state index is 14.7. The van der Waals surface area contributed by atoms with Crippen LogP contribution < -0.4 is 15.1 Å². The summed E-state index contributed by atoms with van der Waals surface area (Å²) in [6.07, 6.45) is 16.6. The molecule has 0 spiro atoms. The van der Waals surface area contributed by atoms with Crippen molar-refractivity contribution in [2.45, 2.75) is 56.7 Å². The molecular formula is C66H55F7N12. The van der Waals surface area contributed by atoms with E-state index in [1.54, 1.807) is 67.5 Å². The first-order valence-corrected chi connectivity index (χ1v) is 28.3. The molecule has 19 heteroatoms. The molecule has 1 N–H and O–H groups in total. The van der Waals surface area contributed by atoms with E-state index in [9.17, 15) is 30.7 Å². The number of hydrogen-bond acceptors (Lipinski definition) is 9. The zero-order valence-electron chi connectivity index (χ0n) is 45.9. The van der Waals surface area contributed by atoms with Crippen LogP contribution in [0.4, 0.5) is 42.1 Å². The Morgan fingerprint density at radius 1 is 0.400 bits per heavy atom. The SMILES string of the molecule is Fc1cccc2c1C(C1CCNCC1)n1cncc1-2.N#Cc1ccc(F)cc1F.N#Cc1ccc(N2CCC(C3c4c(F)cccc4-c4cncn43)CC2)cc1F.N#Cc1ccc(N2CCC(C3c4c(F)cccc4-c4cncn43)CC2)cc1F. The van der Waals surface area contributed by atoms with E-state index in [1.807, 2.05) is 42.9 Å². The first-order valence-electron chi connectivity index (χ1n) is 28.3. The van der Waals surface area contributed by atoms with Crippen molar-refractivity contribution in [3.05, 3.63) is 221 Å². The van der Waals surface area contributed by atoms with Crippen molar-refractivity contribution in [2.75, 3.05) is 49.1 Å². The van der Waals surface area contributed by atoms with Crippen molar-refractivity contribution in [2.24, 2.45) is 17.8 Å². The van der Waals surface area contributed by atoms with Crippen molar-refractivity contribution in [1.82, 2.24) is 34.0 Å². The van der Waals surface area contributed by atoms with Gasteiger partial charge in [0.2, 0.25) is 0 Å². The number of rotatable bonds is 5. The van der Waals surface area contributed by atoms with Crippen LogP contribution in [0.5, 0.6) is 0 Å². The molecule has 3 fully saturated rings. The number of nitriles is 3. The summed E-state index contributed by atoms with van der Waals surface area (Å²) in [5.74, 6) is -1.81. The number of halogens is 7. The lowest BCUT2D eigenvalue weighted by molar-refractivity contribution is 0.293. The van der Waals surface area contributed by atoms with E-state index in [-0.39, 0.29) is 64.1 Å². The maximum Gasteiger partial charge on any atom is 0.143 e. The molecule has 3 aromatic heterocycles. The normalized spacial score (nSPS) is 18.3. The molecule has 9 aromatic rings. The van der Waals surface area contributed by atoms with Crippen molar-refractivity contribution in [1.29, 1.82) is 15.8 Å². The van der Waals surface area contributed by atoms with E-state index >= 15 is 0 Å². The number of nitrogens with zero attached hydrogens (tertiary/aromatic N) is 11. The van der Waals surface area contributed by atoms with Gasteiger partial charge in [0, 0.05) is 77.0 Å². The molecule has 3 saturated heterocycles. The fourth-order valence-electron chi connectivity index (χ4n) is 13.5. The minimum atomic E-state index is -0.817. The predicted molar refractivity (Wildman–Crippen MR) is 306 cm³/mol. The molecule has 6 aliphatic rings. The molecule has 12 nitrogen and oxygen atoms in total. The minimum absolute atomic E-state index is 0.0476. The van der Waals surface area contributed by atoms with Crippen LogP contribution in [0.3, 0.4) is 0 Å². The van der Waals surface area contributed by atoms with Gasteiger partial charge in [-0.3, -0.25) is 0 Å². The van der Waals surface area contributed by atoms with Gasteiger partial charge in [-0.1, -0.05) is 36.4 Å². The van der Waals surface area contributed by atoms with Crippen LogP contribution in [-0.2, 0) is 0 Å². The van der Waals surface area contributed by atoms with Crippen LogP contribution in [0.15, 0.2) is 147 Å². The molecule has 0 saturated carbocycles. The first kappa shape index (κ1) is 56.0. The highest BCUT2D eigenvalue weighted by Gasteiger charge is 2.41. The molecule has 428 valence electrons. The third-order valence-corrected chi connectivity index (χ3v) is 17.5. The molecule has 6 aliphatic heterocycles. The number of anilines is 2. The third-order valence-electron chi connectivity index (χ3n) is 17.5. The quantitative estimate of drug-likeness (QED) is 0.167. The average molecular weight is 1150 g/mol. The van der Waals surface area contributed by atoms with Gasteiger partial charge in [0.25, 0.3) is 0 Å². The van der Waals surface area contributed by atoms with E-state index in [4.69, 9.17) is 15.8 Å². The molecule has 3 atom stereocenters. The number of fused-ring (bicyclic) bond motifs is 9. The molecular weight excluding hydrogens is 1090 g/mol. The van der Waals surface area contributed by atoms with E-state index < -0.39 is 23.3 Å². The van der Waals surface area contributed by atoms with Crippen LogP contribution in [0.2, 0.25) is 0 Å². The number of hydrogen-bond donors (Lipinski definition) is 1. The highest BCUT2D eigenvalue weighted by atomic mass is 19.2. The van der Waals surface area contributed by atoms with Gasteiger partial charge in [-0.05, 0) is 136 Å². The molecule has 85 heavy (non-hydrogen) atoms. The summed E-state index contributed by atoms with van der Waals surface area (Å²) in [6.45, 7) is 5.10. The largest absolute Gasteiger partial charge is 0.371 e. The molecule has 0 amide bonds. The van der Waals surface area contributed by atoms with Crippen LogP contribution in [-0.4, -0.2) is 67.9 Å². The molecule has 0 radical (unpaired) electrons. The smallest absolute Gasteiger partial charge is 0.143 e. The monoisotopic (exact) mass is 1150 g/mol. The number of imidazole rings is 3. The molecule has 15 rings (SSSR count). The molecule has 3 unspecified atom stereocenters. The van der Waals surface area contributed by atoms with Gasteiger partial charge in [-0.15, -0.1) is 0 Å². The fraction of sp³-hybridized carbons (Fsp3) is 0.273. The van der Waals surface area contributed by atoms with Gasteiger partial charge < -0.3 is 28.8 Å². The number of nitrogens with one attached hydrogen (secondary N) is 1. The number of benzene rings is 6. The minimum Gasteiger partial charge on any atom is -0.371 e.